The Hall–Kier alpha value is -2.13. The standard InChI is InChI=1S/C17H18O3/c1-12(16(18)13-8-4-3-5-9-13)17(19)14-10-6-7-11-15(14)20-2/h3-12,16,18H,1-2H3/t12-,16-/m0/s1. The fraction of sp³-hybridized carbons (Fsp3) is 0.235. The molecule has 0 aliphatic carbocycles. The molecule has 0 radical (unpaired) electrons. The Morgan fingerprint density at radius 2 is 1.65 bits per heavy atom. The lowest BCUT2D eigenvalue weighted by molar-refractivity contribution is 0.0711. The van der Waals surface area contributed by atoms with Gasteiger partial charge in [0, 0.05) is 5.92 Å². The van der Waals surface area contributed by atoms with Gasteiger partial charge in [-0.2, -0.15) is 0 Å². The molecule has 2 aromatic carbocycles. The third-order valence-corrected chi connectivity index (χ3v) is 3.40. The quantitative estimate of drug-likeness (QED) is 0.848. The van der Waals surface area contributed by atoms with E-state index in [0.29, 0.717) is 11.3 Å². The van der Waals surface area contributed by atoms with Crippen LogP contribution in [-0.2, 0) is 0 Å². The van der Waals surface area contributed by atoms with Crippen LogP contribution in [0.15, 0.2) is 54.6 Å². The SMILES string of the molecule is COc1ccccc1C(=O)[C@@H](C)[C@H](O)c1ccccc1. The lowest BCUT2D eigenvalue weighted by Crippen LogP contribution is -2.20. The van der Waals surface area contributed by atoms with E-state index in [9.17, 15) is 9.90 Å². The normalized spacial score (nSPS) is 13.6. The van der Waals surface area contributed by atoms with Gasteiger partial charge in [0.2, 0.25) is 0 Å². The minimum atomic E-state index is -0.825. The molecule has 0 fully saturated rings. The van der Waals surface area contributed by atoms with E-state index in [1.54, 1.807) is 25.1 Å². The maximum absolute atomic E-state index is 12.5. The summed E-state index contributed by atoms with van der Waals surface area (Å²) in [6.45, 7) is 1.73. The maximum Gasteiger partial charge on any atom is 0.172 e. The molecule has 0 amide bonds. The van der Waals surface area contributed by atoms with Crippen LogP contribution >= 0.6 is 0 Å². The van der Waals surface area contributed by atoms with E-state index < -0.39 is 12.0 Å². The average molecular weight is 270 g/mol. The summed E-state index contributed by atoms with van der Waals surface area (Å²) in [5.74, 6) is -0.128. The second kappa shape index (κ2) is 6.35. The number of ether oxygens (including phenoxy) is 1. The largest absolute Gasteiger partial charge is 0.496 e. The molecule has 3 heteroatoms. The van der Waals surface area contributed by atoms with Crippen LogP contribution in [0.3, 0.4) is 0 Å². The van der Waals surface area contributed by atoms with E-state index in [-0.39, 0.29) is 5.78 Å². The highest BCUT2D eigenvalue weighted by Crippen LogP contribution is 2.28. The molecule has 0 aromatic heterocycles. The third-order valence-electron chi connectivity index (χ3n) is 3.40. The molecule has 0 aliphatic heterocycles. The molecule has 0 saturated heterocycles. The molecule has 1 N–H and O–H groups in total. The molecule has 0 spiro atoms. The first-order chi connectivity index (χ1) is 9.65. The summed E-state index contributed by atoms with van der Waals surface area (Å²) in [6, 6.07) is 16.3. The van der Waals surface area contributed by atoms with Crippen molar-refractivity contribution >= 4 is 5.78 Å². The second-order valence-corrected chi connectivity index (χ2v) is 4.71. The van der Waals surface area contributed by atoms with Crippen LogP contribution in [0.25, 0.3) is 0 Å². The Labute approximate surface area is 118 Å². The van der Waals surface area contributed by atoms with Crippen LogP contribution in [0, 0.1) is 5.92 Å². The van der Waals surface area contributed by atoms with Crippen molar-refractivity contribution in [3.05, 3.63) is 65.7 Å². The Kier molecular flexibility index (Phi) is 4.53. The van der Waals surface area contributed by atoms with Gasteiger partial charge in [-0.15, -0.1) is 0 Å². The van der Waals surface area contributed by atoms with Crippen LogP contribution < -0.4 is 4.74 Å². The Balaban J connectivity index is 2.24. The summed E-state index contributed by atoms with van der Waals surface area (Å²) < 4.78 is 5.20. The molecule has 0 heterocycles. The number of rotatable bonds is 5. The van der Waals surface area contributed by atoms with E-state index in [1.165, 1.54) is 7.11 Å². The summed E-state index contributed by atoms with van der Waals surface area (Å²) >= 11 is 0. The van der Waals surface area contributed by atoms with Gasteiger partial charge in [0.05, 0.1) is 18.8 Å². The number of aliphatic hydroxyl groups is 1. The van der Waals surface area contributed by atoms with Crippen molar-refractivity contribution in [3.63, 3.8) is 0 Å². The number of aliphatic hydroxyl groups excluding tert-OH is 1. The van der Waals surface area contributed by atoms with Crippen molar-refractivity contribution in [2.24, 2.45) is 5.92 Å². The number of para-hydroxylation sites is 1. The zero-order valence-corrected chi connectivity index (χ0v) is 11.6. The lowest BCUT2D eigenvalue weighted by atomic mass is 9.90. The second-order valence-electron chi connectivity index (χ2n) is 4.71. The number of methoxy groups -OCH3 is 1. The molecule has 104 valence electrons. The number of carbonyl (C=O) groups excluding carboxylic acids is 1. The first-order valence-corrected chi connectivity index (χ1v) is 6.55. The molecule has 2 rings (SSSR count). The number of carbonyl (C=O) groups is 1. The number of hydrogen-bond acceptors (Lipinski definition) is 3. The van der Waals surface area contributed by atoms with Crippen LogP contribution in [0.4, 0.5) is 0 Å². The highest BCUT2D eigenvalue weighted by Gasteiger charge is 2.26. The van der Waals surface area contributed by atoms with Gasteiger partial charge >= 0.3 is 0 Å². The van der Waals surface area contributed by atoms with Gasteiger partial charge in [0.1, 0.15) is 5.75 Å². The van der Waals surface area contributed by atoms with Gasteiger partial charge in [-0.25, -0.2) is 0 Å². The first-order valence-electron chi connectivity index (χ1n) is 6.55. The van der Waals surface area contributed by atoms with Crippen molar-refractivity contribution in [2.75, 3.05) is 7.11 Å². The van der Waals surface area contributed by atoms with Gasteiger partial charge in [-0.3, -0.25) is 4.79 Å². The summed E-state index contributed by atoms with van der Waals surface area (Å²) in [4.78, 5) is 12.5. The first kappa shape index (κ1) is 14.3. The van der Waals surface area contributed by atoms with E-state index in [2.05, 4.69) is 0 Å². The molecule has 0 unspecified atom stereocenters. The van der Waals surface area contributed by atoms with E-state index in [0.717, 1.165) is 5.56 Å². The molecule has 3 nitrogen and oxygen atoms in total. The fourth-order valence-electron chi connectivity index (χ4n) is 2.18. The smallest absolute Gasteiger partial charge is 0.172 e. The Morgan fingerprint density at radius 3 is 2.30 bits per heavy atom. The highest BCUT2D eigenvalue weighted by molar-refractivity contribution is 6.00. The topological polar surface area (TPSA) is 46.5 Å². The van der Waals surface area contributed by atoms with Crippen LogP contribution in [-0.4, -0.2) is 18.0 Å². The van der Waals surface area contributed by atoms with Gasteiger partial charge in [0.25, 0.3) is 0 Å². The number of Topliss-reactive ketones (excluding diaryl/α,β-unsaturated/α-hetero) is 1. The molecular formula is C17H18O3. The van der Waals surface area contributed by atoms with Crippen molar-refractivity contribution < 1.29 is 14.6 Å². The number of hydrogen-bond donors (Lipinski definition) is 1. The summed E-state index contributed by atoms with van der Waals surface area (Å²) in [6.07, 6.45) is -0.825. The zero-order chi connectivity index (χ0) is 14.5. The molecule has 0 saturated carbocycles. The fourth-order valence-corrected chi connectivity index (χ4v) is 2.18. The highest BCUT2D eigenvalue weighted by atomic mass is 16.5. The maximum atomic E-state index is 12.5. The van der Waals surface area contributed by atoms with Crippen LogP contribution in [0.1, 0.15) is 28.9 Å². The van der Waals surface area contributed by atoms with Crippen molar-refractivity contribution in [2.45, 2.75) is 13.0 Å². The Bertz CT molecular complexity index is 578. The van der Waals surface area contributed by atoms with E-state index >= 15 is 0 Å². The van der Waals surface area contributed by atoms with Gasteiger partial charge in [0.15, 0.2) is 5.78 Å². The van der Waals surface area contributed by atoms with Crippen molar-refractivity contribution in [3.8, 4) is 5.75 Å². The van der Waals surface area contributed by atoms with Gasteiger partial charge in [-0.1, -0.05) is 49.4 Å². The lowest BCUT2D eigenvalue weighted by Gasteiger charge is -2.19. The minimum Gasteiger partial charge on any atom is -0.496 e. The summed E-state index contributed by atoms with van der Waals surface area (Å²) in [7, 11) is 1.53. The molecule has 20 heavy (non-hydrogen) atoms. The summed E-state index contributed by atoms with van der Waals surface area (Å²) in [5, 5.41) is 10.3. The van der Waals surface area contributed by atoms with Crippen LogP contribution in [0.5, 0.6) is 5.75 Å². The summed E-state index contributed by atoms with van der Waals surface area (Å²) in [5.41, 5.74) is 1.24. The molecule has 0 aliphatic rings. The number of benzene rings is 2. The van der Waals surface area contributed by atoms with Crippen LogP contribution in [0.2, 0.25) is 0 Å². The zero-order valence-electron chi connectivity index (χ0n) is 11.6. The van der Waals surface area contributed by atoms with Gasteiger partial charge in [-0.05, 0) is 17.7 Å². The molecule has 2 atom stereocenters. The predicted octanol–water partition coefficient (Wildman–Crippen LogP) is 3.25. The minimum absolute atomic E-state index is 0.126. The van der Waals surface area contributed by atoms with Gasteiger partial charge < -0.3 is 9.84 Å². The average Bonchev–Trinajstić information content (AvgIpc) is 2.53. The molecule has 0 bridgehead atoms. The monoisotopic (exact) mass is 270 g/mol. The molecule has 2 aromatic rings. The van der Waals surface area contributed by atoms with Crippen molar-refractivity contribution in [1.29, 1.82) is 0 Å². The Morgan fingerprint density at radius 1 is 1.05 bits per heavy atom. The third kappa shape index (κ3) is 2.89. The number of ketones is 1. The predicted molar refractivity (Wildman–Crippen MR) is 77.9 cm³/mol. The van der Waals surface area contributed by atoms with Crippen molar-refractivity contribution in [1.82, 2.24) is 0 Å². The molecular weight excluding hydrogens is 252 g/mol. The van der Waals surface area contributed by atoms with E-state index in [1.807, 2.05) is 36.4 Å². The van der Waals surface area contributed by atoms with E-state index in [4.69, 9.17) is 4.74 Å².